The molecule has 2 unspecified atom stereocenters. The average Bonchev–Trinajstić information content (AvgIpc) is 2.36. The normalized spacial score (nSPS) is 27.3. The Morgan fingerprint density at radius 1 is 1.33 bits per heavy atom. The molecule has 0 bridgehead atoms. The molecule has 0 heterocycles. The van der Waals surface area contributed by atoms with Crippen LogP contribution in [0, 0.1) is 11.3 Å². The van der Waals surface area contributed by atoms with Crippen molar-refractivity contribution in [2.75, 3.05) is 33.2 Å². The van der Waals surface area contributed by atoms with Crippen LogP contribution in [0.2, 0.25) is 0 Å². The highest BCUT2D eigenvalue weighted by Gasteiger charge is 2.36. The van der Waals surface area contributed by atoms with Gasteiger partial charge in [0.05, 0.1) is 6.42 Å². The van der Waals surface area contributed by atoms with E-state index >= 15 is 0 Å². The Balaban J connectivity index is 2.55. The maximum Gasteiger partial charge on any atom is 0.390 e. The molecule has 1 aliphatic carbocycles. The van der Waals surface area contributed by atoms with Crippen LogP contribution < -0.4 is 5.32 Å². The second kappa shape index (κ2) is 8.37. The van der Waals surface area contributed by atoms with E-state index in [0.717, 1.165) is 38.9 Å². The first-order valence-corrected chi connectivity index (χ1v) is 8.22. The van der Waals surface area contributed by atoms with Crippen LogP contribution in [-0.2, 0) is 0 Å². The first-order valence-electron chi connectivity index (χ1n) is 8.22. The fourth-order valence-electron chi connectivity index (χ4n) is 3.63. The Labute approximate surface area is 127 Å². The minimum Gasteiger partial charge on any atom is -0.316 e. The van der Waals surface area contributed by atoms with Gasteiger partial charge in [0, 0.05) is 19.6 Å². The zero-order chi connectivity index (χ0) is 15.9. The molecular formula is C16H31F3N2. The van der Waals surface area contributed by atoms with E-state index in [1.165, 1.54) is 12.8 Å². The molecule has 1 saturated carbocycles. The van der Waals surface area contributed by atoms with Gasteiger partial charge in [-0.1, -0.05) is 26.7 Å². The molecule has 0 aromatic heterocycles. The van der Waals surface area contributed by atoms with Crippen molar-refractivity contribution in [3.05, 3.63) is 0 Å². The van der Waals surface area contributed by atoms with Crippen LogP contribution in [0.5, 0.6) is 0 Å². The van der Waals surface area contributed by atoms with Gasteiger partial charge in [-0.25, -0.2) is 0 Å². The topological polar surface area (TPSA) is 15.3 Å². The molecule has 2 nitrogen and oxygen atoms in total. The standard InChI is InChI=1S/C16H31F3N2/c1-4-9-20-12-15(7-5-6-14(2)11-15)13-21(3)10-8-16(17,18)19/h14,20H,4-13H2,1-3H3. The van der Waals surface area contributed by atoms with Crippen LogP contribution in [0.1, 0.15) is 52.4 Å². The predicted octanol–water partition coefficient (Wildman–Crippen LogP) is 4.07. The first kappa shape index (κ1) is 18.8. The summed E-state index contributed by atoms with van der Waals surface area (Å²) >= 11 is 0. The van der Waals surface area contributed by atoms with E-state index in [4.69, 9.17) is 0 Å². The van der Waals surface area contributed by atoms with Gasteiger partial charge in [-0.2, -0.15) is 13.2 Å². The van der Waals surface area contributed by atoms with Crippen molar-refractivity contribution in [3.63, 3.8) is 0 Å². The van der Waals surface area contributed by atoms with Gasteiger partial charge >= 0.3 is 6.18 Å². The zero-order valence-electron chi connectivity index (χ0n) is 13.7. The molecule has 0 aromatic rings. The fraction of sp³-hybridized carbons (Fsp3) is 1.00. The van der Waals surface area contributed by atoms with Gasteiger partial charge in [-0.15, -0.1) is 0 Å². The van der Waals surface area contributed by atoms with Crippen LogP contribution in [-0.4, -0.2) is 44.3 Å². The molecule has 126 valence electrons. The van der Waals surface area contributed by atoms with Gasteiger partial charge < -0.3 is 10.2 Å². The Kier molecular flexibility index (Phi) is 7.48. The average molecular weight is 308 g/mol. The molecule has 2 atom stereocenters. The molecule has 1 aliphatic rings. The van der Waals surface area contributed by atoms with E-state index < -0.39 is 12.6 Å². The van der Waals surface area contributed by atoms with Gasteiger partial charge in [0.2, 0.25) is 0 Å². The van der Waals surface area contributed by atoms with E-state index in [9.17, 15) is 13.2 Å². The lowest BCUT2D eigenvalue weighted by Crippen LogP contribution is -2.46. The highest BCUT2D eigenvalue weighted by molar-refractivity contribution is 4.89. The minimum absolute atomic E-state index is 0.105. The molecule has 5 heteroatoms. The molecule has 0 amide bonds. The van der Waals surface area contributed by atoms with E-state index in [0.29, 0.717) is 5.92 Å². The van der Waals surface area contributed by atoms with Crippen LogP contribution in [0.4, 0.5) is 13.2 Å². The van der Waals surface area contributed by atoms with E-state index in [1.54, 1.807) is 0 Å². The van der Waals surface area contributed by atoms with Crippen molar-refractivity contribution < 1.29 is 13.2 Å². The summed E-state index contributed by atoms with van der Waals surface area (Å²) in [7, 11) is 1.83. The zero-order valence-corrected chi connectivity index (χ0v) is 13.7. The molecule has 0 radical (unpaired) electrons. The van der Waals surface area contributed by atoms with Gasteiger partial charge in [-0.3, -0.25) is 0 Å². The third kappa shape index (κ3) is 7.50. The van der Waals surface area contributed by atoms with Crippen molar-refractivity contribution in [2.45, 2.75) is 58.5 Å². The SMILES string of the molecule is CCCNCC1(CN(C)CCC(F)(F)F)CCCC(C)C1. The summed E-state index contributed by atoms with van der Waals surface area (Å²) in [4.78, 5) is 1.87. The lowest BCUT2D eigenvalue weighted by molar-refractivity contribution is -0.138. The molecule has 0 aliphatic heterocycles. The van der Waals surface area contributed by atoms with Crippen LogP contribution in [0.3, 0.4) is 0 Å². The lowest BCUT2D eigenvalue weighted by Gasteiger charge is -2.43. The number of halogens is 3. The second-order valence-electron chi connectivity index (χ2n) is 6.98. The maximum atomic E-state index is 12.4. The first-order chi connectivity index (χ1) is 9.76. The number of alkyl halides is 3. The largest absolute Gasteiger partial charge is 0.390 e. The van der Waals surface area contributed by atoms with Gasteiger partial charge in [0.1, 0.15) is 0 Å². The minimum atomic E-state index is -4.05. The third-order valence-electron chi connectivity index (χ3n) is 4.49. The van der Waals surface area contributed by atoms with E-state index in [-0.39, 0.29) is 12.0 Å². The van der Waals surface area contributed by atoms with Crippen molar-refractivity contribution >= 4 is 0 Å². The smallest absolute Gasteiger partial charge is 0.316 e. The Bertz CT molecular complexity index is 294. The number of nitrogens with one attached hydrogen (secondary N) is 1. The molecule has 21 heavy (non-hydrogen) atoms. The van der Waals surface area contributed by atoms with Crippen LogP contribution in [0.25, 0.3) is 0 Å². The van der Waals surface area contributed by atoms with Crippen molar-refractivity contribution in [3.8, 4) is 0 Å². The predicted molar refractivity (Wildman–Crippen MR) is 81.4 cm³/mol. The number of hydrogen-bond acceptors (Lipinski definition) is 2. The molecule has 0 aromatic carbocycles. The number of nitrogens with zero attached hydrogens (tertiary/aromatic N) is 1. The summed E-state index contributed by atoms with van der Waals surface area (Å²) in [6.45, 7) is 7.20. The summed E-state index contributed by atoms with van der Waals surface area (Å²) in [5.41, 5.74) is 0.146. The van der Waals surface area contributed by atoms with Crippen LogP contribution in [0.15, 0.2) is 0 Å². The molecule has 0 spiro atoms. The summed E-state index contributed by atoms with van der Waals surface area (Å²) < 4.78 is 37.1. The quantitative estimate of drug-likeness (QED) is 0.680. The van der Waals surface area contributed by atoms with Gasteiger partial charge in [0.25, 0.3) is 0 Å². The number of hydrogen-bond donors (Lipinski definition) is 1. The molecule has 1 fully saturated rings. The molecule has 1 N–H and O–H groups in total. The Hall–Kier alpha value is -0.290. The fourth-order valence-corrected chi connectivity index (χ4v) is 3.63. The van der Waals surface area contributed by atoms with Crippen molar-refractivity contribution in [2.24, 2.45) is 11.3 Å². The summed E-state index contributed by atoms with van der Waals surface area (Å²) in [5, 5.41) is 3.49. The van der Waals surface area contributed by atoms with E-state index in [1.807, 2.05) is 11.9 Å². The van der Waals surface area contributed by atoms with Crippen molar-refractivity contribution in [1.29, 1.82) is 0 Å². The van der Waals surface area contributed by atoms with Gasteiger partial charge in [-0.05, 0) is 44.2 Å². The maximum absolute atomic E-state index is 12.4. The molecular weight excluding hydrogens is 277 g/mol. The molecule has 0 saturated heterocycles. The summed E-state index contributed by atoms with van der Waals surface area (Å²) in [6, 6.07) is 0. The van der Waals surface area contributed by atoms with E-state index in [2.05, 4.69) is 19.2 Å². The Morgan fingerprint density at radius 3 is 2.62 bits per heavy atom. The monoisotopic (exact) mass is 308 g/mol. The van der Waals surface area contributed by atoms with Gasteiger partial charge in [0.15, 0.2) is 0 Å². The summed E-state index contributed by atoms with van der Waals surface area (Å²) in [6.07, 6.45) is 1.03. The third-order valence-corrected chi connectivity index (χ3v) is 4.49. The van der Waals surface area contributed by atoms with Crippen molar-refractivity contribution in [1.82, 2.24) is 10.2 Å². The summed E-state index contributed by atoms with van der Waals surface area (Å²) in [5.74, 6) is 0.679. The highest BCUT2D eigenvalue weighted by atomic mass is 19.4. The number of rotatable bonds is 8. The highest BCUT2D eigenvalue weighted by Crippen LogP contribution is 2.39. The van der Waals surface area contributed by atoms with Crippen LogP contribution >= 0.6 is 0 Å². The molecule has 1 rings (SSSR count). The Morgan fingerprint density at radius 2 is 2.05 bits per heavy atom. The second-order valence-corrected chi connectivity index (χ2v) is 6.98. The lowest BCUT2D eigenvalue weighted by atomic mass is 9.69.